The van der Waals surface area contributed by atoms with Gasteiger partial charge in [-0.05, 0) is 42.7 Å². The molecule has 0 aliphatic heterocycles. The predicted octanol–water partition coefficient (Wildman–Crippen LogP) is 4.08. The van der Waals surface area contributed by atoms with Gasteiger partial charge in [0, 0.05) is 44.5 Å². The second-order valence-electron chi connectivity index (χ2n) is 8.18. The lowest BCUT2D eigenvalue weighted by molar-refractivity contribution is 0.0724. The first-order chi connectivity index (χ1) is 16.0. The Morgan fingerprint density at radius 3 is 2.52 bits per heavy atom. The van der Waals surface area contributed by atoms with Crippen molar-refractivity contribution in [1.82, 2.24) is 19.8 Å². The van der Waals surface area contributed by atoms with Crippen molar-refractivity contribution >= 4 is 22.7 Å². The number of hydrogen-bond acceptors (Lipinski definition) is 3. The fraction of sp³-hybridized carbons (Fsp3) is 0.222. The van der Waals surface area contributed by atoms with E-state index in [-0.39, 0.29) is 17.9 Å². The predicted molar refractivity (Wildman–Crippen MR) is 130 cm³/mol. The Balaban J connectivity index is 1.52. The van der Waals surface area contributed by atoms with Crippen molar-refractivity contribution in [2.24, 2.45) is 7.05 Å². The molecule has 2 heterocycles. The number of nitrogens with one attached hydrogen (secondary N) is 1. The van der Waals surface area contributed by atoms with E-state index in [1.165, 1.54) is 0 Å². The highest BCUT2D eigenvalue weighted by Gasteiger charge is 2.23. The molecular weight excluding hydrogens is 412 g/mol. The summed E-state index contributed by atoms with van der Waals surface area (Å²) in [6.07, 6.45) is 4.86. The Bertz CT molecular complexity index is 1240. The quantitative estimate of drug-likeness (QED) is 0.449. The standard InChI is InChI=1S/C27H28N4O2/c1-30-18-8-13-25(30)26(32)29-16-14-21(19-20-9-4-3-5-10-20)31(2)27(33)23-15-17-28-24-12-7-6-11-22(23)24/h3-13,15,17-18,21H,14,16,19H2,1-2H3,(H,29,32)/t21-/m1/s1. The number of pyridine rings is 1. The summed E-state index contributed by atoms with van der Waals surface area (Å²) in [5, 5.41) is 3.84. The van der Waals surface area contributed by atoms with Gasteiger partial charge in [0.15, 0.2) is 0 Å². The van der Waals surface area contributed by atoms with Crippen LogP contribution in [0.5, 0.6) is 0 Å². The normalized spacial score (nSPS) is 11.8. The first-order valence-corrected chi connectivity index (χ1v) is 11.1. The van der Waals surface area contributed by atoms with Crippen molar-refractivity contribution in [3.05, 3.63) is 102 Å². The third-order valence-corrected chi connectivity index (χ3v) is 6.00. The lowest BCUT2D eigenvalue weighted by atomic mass is 10.0. The average molecular weight is 441 g/mol. The van der Waals surface area contributed by atoms with Crippen LogP contribution in [-0.4, -0.2) is 45.9 Å². The Hall–Kier alpha value is -3.93. The van der Waals surface area contributed by atoms with Gasteiger partial charge in [0.05, 0.1) is 11.1 Å². The molecule has 0 unspecified atom stereocenters. The first kappa shape index (κ1) is 22.3. The molecule has 0 aliphatic carbocycles. The molecule has 0 saturated carbocycles. The summed E-state index contributed by atoms with van der Waals surface area (Å²) in [5.41, 5.74) is 3.19. The molecule has 33 heavy (non-hydrogen) atoms. The number of para-hydroxylation sites is 1. The van der Waals surface area contributed by atoms with Crippen LogP contribution in [0.25, 0.3) is 10.9 Å². The maximum absolute atomic E-state index is 13.5. The van der Waals surface area contributed by atoms with Crippen molar-refractivity contribution in [2.75, 3.05) is 13.6 Å². The first-order valence-electron chi connectivity index (χ1n) is 11.1. The molecule has 2 aromatic heterocycles. The fourth-order valence-electron chi connectivity index (χ4n) is 4.10. The number of carbonyl (C=O) groups is 2. The number of amides is 2. The van der Waals surface area contributed by atoms with Crippen LogP contribution >= 0.6 is 0 Å². The number of fused-ring (bicyclic) bond motifs is 1. The number of hydrogen-bond donors (Lipinski definition) is 1. The molecule has 0 radical (unpaired) electrons. The van der Waals surface area contributed by atoms with E-state index in [2.05, 4.69) is 22.4 Å². The van der Waals surface area contributed by atoms with Crippen LogP contribution in [-0.2, 0) is 13.5 Å². The van der Waals surface area contributed by atoms with Gasteiger partial charge in [0.2, 0.25) is 0 Å². The molecule has 1 atom stereocenters. The van der Waals surface area contributed by atoms with Gasteiger partial charge in [-0.15, -0.1) is 0 Å². The fourth-order valence-corrected chi connectivity index (χ4v) is 4.10. The molecule has 2 aromatic carbocycles. The van der Waals surface area contributed by atoms with Crippen molar-refractivity contribution < 1.29 is 9.59 Å². The van der Waals surface area contributed by atoms with Crippen LogP contribution < -0.4 is 5.32 Å². The largest absolute Gasteiger partial charge is 0.351 e. The smallest absolute Gasteiger partial charge is 0.267 e. The monoisotopic (exact) mass is 440 g/mol. The van der Waals surface area contributed by atoms with Gasteiger partial charge in [0.25, 0.3) is 11.8 Å². The van der Waals surface area contributed by atoms with Crippen LogP contribution in [0.2, 0.25) is 0 Å². The molecule has 6 nitrogen and oxygen atoms in total. The van der Waals surface area contributed by atoms with E-state index < -0.39 is 0 Å². The highest BCUT2D eigenvalue weighted by Crippen LogP contribution is 2.20. The lowest BCUT2D eigenvalue weighted by Gasteiger charge is -2.29. The van der Waals surface area contributed by atoms with Crippen molar-refractivity contribution in [3.63, 3.8) is 0 Å². The van der Waals surface area contributed by atoms with Gasteiger partial charge in [-0.3, -0.25) is 14.6 Å². The molecule has 0 bridgehead atoms. The molecule has 0 aliphatic rings. The third-order valence-electron chi connectivity index (χ3n) is 6.00. The van der Waals surface area contributed by atoms with Crippen LogP contribution in [0, 0.1) is 0 Å². The molecule has 4 aromatic rings. The Kier molecular flexibility index (Phi) is 6.83. The Morgan fingerprint density at radius 1 is 1.00 bits per heavy atom. The zero-order chi connectivity index (χ0) is 23.2. The topological polar surface area (TPSA) is 67.2 Å². The van der Waals surface area contributed by atoms with Crippen LogP contribution in [0.3, 0.4) is 0 Å². The molecule has 168 valence electrons. The molecular formula is C27H28N4O2. The molecule has 0 fully saturated rings. The lowest BCUT2D eigenvalue weighted by Crippen LogP contribution is -2.41. The van der Waals surface area contributed by atoms with Crippen LogP contribution in [0.4, 0.5) is 0 Å². The summed E-state index contributed by atoms with van der Waals surface area (Å²) >= 11 is 0. The summed E-state index contributed by atoms with van der Waals surface area (Å²) in [6, 6.07) is 23.1. The molecule has 1 N–H and O–H groups in total. The van der Waals surface area contributed by atoms with Gasteiger partial charge in [0.1, 0.15) is 5.69 Å². The average Bonchev–Trinajstić information content (AvgIpc) is 3.28. The van der Waals surface area contributed by atoms with Gasteiger partial charge >= 0.3 is 0 Å². The van der Waals surface area contributed by atoms with Crippen molar-refractivity contribution in [1.29, 1.82) is 0 Å². The Morgan fingerprint density at radius 2 is 1.76 bits per heavy atom. The molecule has 6 heteroatoms. The van der Waals surface area contributed by atoms with E-state index in [1.54, 1.807) is 27.8 Å². The third kappa shape index (κ3) is 5.12. The summed E-state index contributed by atoms with van der Waals surface area (Å²) in [5.74, 6) is -0.168. The van der Waals surface area contributed by atoms with E-state index in [0.29, 0.717) is 30.6 Å². The van der Waals surface area contributed by atoms with Crippen molar-refractivity contribution in [2.45, 2.75) is 18.9 Å². The van der Waals surface area contributed by atoms with Gasteiger partial charge < -0.3 is 14.8 Å². The number of aryl methyl sites for hydroxylation is 1. The summed E-state index contributed by atoms with van der Waals surface area (Å²) in [6.45, 7) is 0.468. The SMILES string of the molecule is CN(C(=O)c1ccnc2ccccc12)[C@H](CCNC(=O)c1cccn1C)Cc1ccccc1. The molecule has 0 spiro atoms. The molecule has 2 amide bonds. The second-order valence-corrected chi connectivity index (χ2v) is 8.18. The maximum atomic E-state index is 13.5. The maximum Gasteiger partial charge on any atom is 0.267 e. The van der Waals surface area contributed by atoms with Gasteiger partial charge in [-0.25, -0.2) is 0 Å². The summed E-state index contributed by atoms with van der Waals surface area (Å²) < 4.78 is 1.79. The van der Waals surface area contributed by atoms with Gasteiger partial charge in [-0.2, -0.15) is 0 Å². The highest BCUT2D eigenvalue weighted by molar-refractivity contribution is 6.06. The number of nitrogens with zero attached hydrogens (tertiary/aromatic N) is 3. The zero-order valence-corrected chi connectivity index (χ0v) is 18.9. The number of aromatic nitrogens is 2. The summed E-state index contributed by atoms with van der Waals surface area (Å²) in [4.78, 5) is 32.2. The minimum absolute atomic E-state index is 0.0525. The van der Waals surface area contributed by atoms with Crippen LogP contribution in [0.1, 0.15) is 32.8 Å². The molecule has 0 saturated heterocycles. The minimum Gasteiger partial charge on any atom is -0.351 e. The van der Waals surface area contributed by atoms with Crippen LogP contribution in [0.15, 0.2) is 85.2 Å². The van der Waals surface area contributed by atoms with E-state index in [4.69, 9.17) is 0 Å². The summed E-state index contributed by atoms with van der Waals surface area (Å²) in [7, 11) is 3.68. The van der Waals surface area contributed by atoms with Gasteiger partial charge in [-0.1, -0.05) is 48.5 Å². The number of likely N-dealkylation sites (N-methyl/N-ethyl adjacent to an activating group) is 1. The minimum atomic E-state index is -0.116. The number of benzene rings is 2. The van der Waals surface area contributed by atoms with E-state index in [9.17, 15) is 9.59 Å². The zero-order valence-electron chi connectivity index (χ0n) is 18.9. The second kappa shape index (κ2) is 10.1. The number of rotatable bonds is 8. The van der Waals surface area contributed by atoms with E-state index >= 15 is 0 Å². The molecule has 4 rings (SSSR count). The highest BCUT2D eigenvalue weighted by atomic mass is 16.2. The number of carbonyl (C=O) groups excluding carboxylic acids is 2. The van der Waals surface area contributed by atoms with E-state index in [1.807, 2.05) is 68.8 Å². The van der Waals surface area contributed by atoms with E-state index in [0.717, 1.165) is 16.5 Å². The Labute approximate surface area is 193 Å². The van der Waals surface area contributed by atoms with Crippen molar-refractivity contribution in [3.8, 4) is 0 Å².